The van der Waals surface area contributed by atoms with Crippen LogP contribution in [0.3, 0.4) is 0 Å². The van der Waals surface area contributed by atoms with Crippen LogP contribution >= 0.6 is 0 Å². The fraction of sp³-hybridized carbons (Fsp3) is 0.333. The largest absolute Gasteiger partial charge is 0.497 e. The first-order valence-electron chi connectivity index (χ1n) is 8.95. The Kier molecular flexibility index (Phi) is 5.74. The zero-order valence-corrected chi connectivity index (χ0v) is 16.0. The lowest BCUT2D eigenvalue weighted by molar-refractivity contribution is 0.0829. The lowest BCUT2D eigenvalue weighted by atomic mass is 9.98. The number of benzene rings is 2. The van der Waals surface area contributed by atoms with Crippen LogP contribution in [0.25, 0.3) is 0 Å². The molecule has 0 saturated heterocycles. The minimum Gasteiger partial charge on any atom is -0.497 e. The summed E-state index contributed by atoms with van der Waals surface area (Å²) in [5, 5.41) is 7.34. The van der Waals surface area contributed by atoms with Crippen molar-refractivity contribution in [3.8, 4) is 5.75 Å². The number of hydrogen-bond acceptors (Lipinski definition) is 4. The molecule has 0 aliphatic carbocycles. The molecule has 2 aromatic carbocycles. The van der Waals surface area contributed by atoms with E-state index in [9.17, 15) is 4.39 Å². The number of oxime groups is 1. The molecule has 0 radical (unpaired) electrons. The zero-order chi connectivity index (χ0) is 19.4. The number of hydrogen-bond donors (Lipinski definition) is 1. The molecular formula is C21H24FN3O2. The van der Waals surface area contributed by atoms with E-state index in [1.54, 1.807) is 14.2 Å². The van der Waals surface area contributed by atoms with E-state index in [0.29, 0.717) is 17.7 Å². The summed E-state index contributed by atoms with van der Waals surface area (Å²) < 4.78 is 19.9. The number of aryl methyl sites for hydroxylation is 1. The number of ether oxygens (including phenoxy) is 1. The number of aliphatic imine (C=N–C) groups is 1. The number of halogens is 1. The fourth-order valence-electron chi connectivity index (χ4n) is 3.04. The topological polar surface area (TPSA) is 55.2 Å². The van der Waals surface area contributed by atoms with Crippen LogP contribution in [0.2, 0.25) is 0 Å². The van der Waals surface area contributed by atoms with E-state index in [-0.39, 0.29) is 5.82 Å². The van der Waals surface area contributed by atoms with Crippen LogP contribution in [0, 0.1) is 12.7 Å². The fourth-order valence-corrected chi connectivity index (χ4v) is 3.04. The summed E-state index contributed by atoms with van der Waals surface area (Å²) in [7, 11) is 3.34. The number of nitrogens with zero attached hydrogens (tertiary/aromatic N) is 2. The molecule has 27 heavy (non-hydrogen) atoms. The van der Waals surface area contributed by atoms with Gasteiger partial charge in [0.2, 0.25) is 0 Å². The van der Waals surface area contributed by atoms with Gasteiger partial charge in [0.1, 0.15) is 17.4 Å². The van der Waals surface area contributed by atoms with Gasteiger partial charge in [-0.2, -0.15) is 0 Å². The van der Waals surface area contributed by atoms with Crippen molar-refractivity contribution in [1.82, 2.24) is 0 Å². The summed E-state index contributed by atoms with van der Waals surface area (Å²) in [6.45, 7) is 3.94. The molecule has 1 atom stereocenters. The van der Waals surface area contributed by atoms with Gasteiger partial charge in [0.15, 0.2) is 6.10 Å². The first kappa shape index (κ1) is 18.9. The maximum atomic E-state index is 14.7. The van der Waals surface area contributed by atoms with Crippen molar-refractivity contribution in [1.29, 1.82) is 0 Å². The molecule has 0 amide bonds. The van der Waals surface area contributed by atoms with E-state index in [0.717, 1.165) is 34.8 Å². The van der Waals surface area contributed by atoms with Crippen LogP contribution in [0.5, 0.6) is 5.75 Å². The van der Waals surface area contributed by atoms with Gasteiger partial charge in [-0.3, -0.25) is 4.99 Å². The molecule has 0 bridgehead atoms. The average molecular weight is 369 g/mol. The van der Waals surface area contributed by atoms with Crippen LogP contribution < -0.4 is 10.1 Å². The second kappa shape index (κ2) is 8.20. The molecule has 1 unspecified atom stereocenters. The Balaban J connectivity index is 1.77. The Morgan fingerprint density at radius 1 is 1.33 bits per heavy atom. The normalized spacial score (nSPS) is 16.7. The van der Waals surface area contributed by atoms with Crippen LogP contribution in [0.1, 0.15) is 42.6 Å². The first-order chi connectivity index (χ1) is 13.0. The third-order valence-corrected chi connectivity index (χ3v) is 4.67. The summed E-state index contributed by atoms with van der Waals surface area (Å²) in [5.74, 6) is 1.28. The van der Waals surface area contributed by atoms with E-state index < -0.39 is 6.10 Å². The molecule has 6 heteroatoms. The highest BCUT2D eigenvalue weighted by Crippen LogP contribution is 2.34. The van der Waals surface area contributed by atoms with Gasteiger partial charge in [-0.1, -0.05) is 12.1 Å². The molecule has 1 heterocycles. The summed E-state index contributed by atoms with van der Waals surface area (Å²) >= 11 is 0. The summed E-state index contributed by atoms with van der Waals surface area (Å²) in [6.07, 6.45) is 0.844. The van der Waals surface area contributed by atoms with Crippen LogP contribution in [-0.2, 0) is 4.84 Å². The van der Waals surface area contributed by atoms with Crippen molar-refractivity contribution in [2.45, 2.75) is 32.8 Å². The molecule has 1 aliphatic rings. The van der Waals surface area contributed by atoms with Crippen LogP contribution in [-0.4, -0.2) is 25.7 Å². The van der Waals surface area contributed by atoms with Gasteiger partial charge >= 0.3 is 0 Å². The van der Waals surface area contributed by atoms with E-state index in [4.69, 9.17) is 9.57 Å². The summed E-state index contributed by atoms with van der Waals surface area (Å²) in [5.41, 5.74) is 3.90. The number of rotatable bonds is 5. The molecule has 3 rings (SSSR count). The SMILES string of the molecule is CCC(=NC)Nc1cc(F)c(C2CC(c3ccc(OC)cc3)=NO2)cc1C. The predicted molar refractivity (Wildman–Crippen MR) is 106 cm³/mol. The Hall–Kier alpha value is -2.89. The summed E-state index contributed by atoms with van der Waals surface area (Å²) in [4.78, 5) is 9.69. The molecule has 142 valence electrons. The minimum atomic E-state index is -0.430. The maximum Gasteiger partial charge on any atom is 0.161 e. The van der Waals surface area contributed by atoms with Crippen molar-refractivity contribution >= 4 is 17.2 Å². The van der Waals surface area contributed by atoms with Gasteiger partial charge in [0, 0.05) is 31.1 Å². The maximum absolute atomic E-state index is 14.7. The van der Waals surface area contributed by atoms with Gasteiger partial charge in [-0.25, -0.2) is 4.39 Å². The Bertz CT molecular complexity index is 876. The number of nitrogens with one attached hydrogen (secondary N) is 1. The standard InChI is InChI=1S/C21H24FN3O2/c1-5-21(23-3)24-18-11-17(22)16(10-13(18)2)20-12-19(25-27-20)14-6-8-15(26-4)9-7-14/h6-11,20H,5,12H2,1-4H3,(H,23,24). The van der Waals surface area contributed by atoms with Gasteiger partial charge in [0.25, 0.3) is 0 Å². The van der Waals surface area contributed by atoms with Crippen molar-refractivity contribution in [3.63, 3.8) is 0 Å². The number of amidine groups is 1. The molecule has 1 aliphatic heterocycles. The third-order valence-electron chi connectivity index (χ3n) is 4.67. The minimum absolute atomic E-state index is 0.314. The zero-order valence-electron chi connectivity index (χ0n) is 16.0. The highest BCUT2D eigenvalue weighted by atomic mass is 19.1. The Morgan fingerprint density at radius 3 is 2.70 bits per heavy atom. The second-order valence-corrected chi connectivity index (χ2v) is 6.40. The monoisotopic (exact) mass is 369 g/mol. The average Bonchev–Trinajstić information content (AvgIpc) is 3.18. The van der Waals surface area contributed by atoms with Gasteiger partial charge < -0.3 is 14.9 Å². The molecule has 1 N–H and O–H groups in total. The van der Waals surface area contributed by atoms with Gasteiger partial charge in [0.05, 0.1) is 12.8 Å². The van der Waals surface area contributed by atoms with Crippen molar-refractivity contribution < 1.29 is 14.0 Å². The van der Waals surface area contributed by atoms with Crippen molar-refractivity contribution in [2.24, 2.45) is 10.1 Å². The molecule has 2 aromatic rings. The Labute approximate surface area is 158 Å². The Morgan fingerprint density at radius 2 is 2.07 bits per heavy atom. The highest BCUT2D eigenvalue weighted by molar-refractivity contribution is 6.01. The number of methoxy groups -OCH3 is 1. The molecule has 0 aromatic heterocycles. The lowest BCUT2D eigenvalue weighted by Gasteiger charge is -2.15. The van der Waals surface area contributed by atoms with E-state index in [1.165, 1.54) is 6.07 Å². The van der Waals surface area contributed by atoms with Crippen LogP contribution in [0.4, 0.5) is 10.1 Å². The quantitative estimate of drug-likeness (QED) is 0.605. The van der Waals surface area contributed by atoms with Crippen LogP contribution in [0.15, 0.2) is 46.5 Å². The van der Waals surface area contributed by atoms with Gasteiger partial charge in [-0.15, -0.1) is 0 Å². The molecule has 0 spiro atoms. The van der Waals surface area contributed by atoms with E-state index >= 15 is 0 Å². The molecule has 5 nitrogen and oxygen atoms in total. The van der Waals surface area contributed by atoms with E-state index in [1.807, 2.05) is 44.2 Å². The summed E-state index contributed by atoms with van der Waals surface area (Å²) in [6, 6.07) is 10.9. The predicted octanol–water partition coefficient (Wildman–Crippen LogP) is 4.86. The lowest BCUT2D eigenvalue weighted by Crippen LogP contribution is -2.12. The third kappa shape index (κ3) is 4.10. The molecule has 0 saturated carbocycles. The van der Waals surface area contributed by atoms with Crippen molar-refractivity contribution in [3.05, 3.63) is 58.9 Å². The van der Waals surface area contributed by atoms with Crippen molar-refractivity contribution in [2.75, 3.05) is 19.5 Å². The smallest absolute Gasteiger partial charge is 0.161 e. The number of anilines is 1. The second-order valence-electron chi connectivity index (χ2n) is 6.40. The highest BCUT2D eigenvalue weighted by Gasteiger charge is 2.27. The first-order valence-corrected chi connectivity index (χ1v) is 8.95. The molecular weight excluding hydrogens is 345 g/mol. The van der Waals surface area contributed by atoms with Gasteiger partial charge in [-0.05, 0) is 54.4 Å². The molecule has 0 fully saturated rings. The van der Waals surface area contributed by atoms with E-state index in [2.05, 4.69) is 15.5 Å².